The van der Waals surface area contributed by atoms with Gasteiger partial charge in [-0.25, -0.2) is 4.79 Å². The Morgan fingerprint density at radius 1 is 1.25 bits per heavy atom. The molecule has 2 unspecified atom stereocenters. The Balaban J connectivity index is 1.52. The highest BCUT2D eigenvalue weighted by atomic mass is 32.1. The van der Waals surface area contributed by atoms with Gasteiger partial charge in [-0.1, -0.05) is 35.9 Å². The van der Waals surface area contributed by atoms with Crippen molar-refractivity contribution in [3.63, 3.8) is 0 Å². The van der Waals surface area contributed by atoms with Gasteiger partial charge in [-0.2, -0.15) is 0 Å². The number of imide groups is 1. The highest BCUT2D eigenvalue weighted by Crippen LogP contribution is 2.35. The van der Waals surface area contributed by atoms with Gasteiger partial charge in [-0.15, -0.1) is 11.3 Å². The van der Waals surface area contributed by atoms with Gasteiger partial charge in [0.15, 0.2) is 0 Å². The number of rotatable bonds is 4. The van der Waals surface area contributed by atoms with E-state index in [2.05, 4.69) is 5.32 Å². The predicted octanol–water partition coefficient (Wildman–Crippen LogP) is 3.19. The number of hydrogen-bond donors (Lipinski definition) is 1. The second-order valence-electron chi connectivity index (χ2n) is 7.57. The van der Waals surface area contributed by atoms with Crippen LogP contribution in [0.5, 0.6) is 0 Å². The van der Waals surface area contributed by atoms with Gasteiger partial charge in [-0.05, 0) is 43.7 Å². The van der Waals surface area contributed by atoms with Crippen LogP contribution < -0.4 is 5.32 Å². The summed E-state index contributed by atoms with van der Waals surface area (Å²) in [5.41, 5.74) is 0.636. The number of benzene rings is 1. The molecule has 1 N–H and O–H groups in total. The summed E-state index contributed by atoms with van der Waals surface area (Å²) in [4.78, 5) is 42.5. The van der Waals surface area contributed by atoms with Crippen molar-refractivity contribution < 1.29 is 14.4 Å². The molecule has 146 valence electrons. The van der Waals surface area contributed by atoms with Gasteiger partial charge in [-0.3, -0.25) is 14.5 Å². The molecule has 0 spiro atoms. The molecule has 1 aromatic heterocycles. The molecule has 7 heteroatoms. The van der Waals surface area contributed by atoms with E-state index < -0.39 is 11.6 Å². The van der Waals surface area contributed by atoms with Crippen LogP contribution in [0.15, 0.2) is 41.8 Å². The highest BCUT2D eigenvalue weighted by molar-refractivity contribution is 7.10. The number of thiophene rings is 1. The molecule has 3 heterocycles. The van der Waals surface area contributed by atoms with Crippen LogP contribution in [-0.2, 0) is 15.1 Å². The lowest BCUT2D eigenvalue weighted by Gasteiger charge is -2.26. The van der Waals surface area contributed by atoms with E-state index in [1.165, 1.54) is 0 Å². The SMILES string of the molecule is Cc1ccc(C2(C)NC(=O)N(CC(=O)N3CCCC3c3cccs3)C2=O)cc1. The fraction of sp³-hybridized carbons (Fsp3) is 0.381. The molecule has 1 aromatic carbocycles. The third-order valence-electron chi connectivity index (χ3n) is 5.64. The van der Waals surface area contributed by atoms with Crippen LogP contribution in [-0.4, -0.2) is 40.7 Å². The summed E-state index contributed by atoms with van der Waals surface area (Å²) in [5.74, 6) is -0.575. The Hall–Kier alpha value is -2.67. The summed E-state index contributed by atoms with van der Waals surface area (Å²) in [7, 11) is 0. The maximum Gasteiger partial charge on any atom is 0.325 e. The first-order valence-electron chi connectivity index (χ1n) is 9.44. The van der Waals surface area contributed by atoms with Crippen LogP contribution in [0.1, 0.15) is 41.8 Å². The van der Waals surface area contributed by atoms with E-state index in [-0.39, 0.29) is 24.4 Å². The Labute approximate surface area is 168 Å². The lowest BCUT2D eigenvalue weighted by atomic mass is 9.91. The van der Waals surface area contributed by atoms with Crippen LogP contribution in [0.3, 0.4) is 0 Å². The van der Waals surface area contributed by atoms with Gasteiger partial charge in [0.2, 0.25) is 5.91 Å². The fourth-order valence-electron chi connectivity index (χ4n) is 3.99. The Bertz CT molecular complexity index is 909. The lowest BCUT2D eigenvalue weighted by molar-refractivity contribution is -0.139. The number of urea groups is 1. The van der Waals surface area contributed by atoms with Crippen LogP contribution >= 0.6 is 11.3 Å². The summed E-state index contributed by atoms with van der Waals surface area (Å²) in [6.07, 6.45) is 1.84. The van der Waals surface area contributed by atoms with Crippen molar-refractivity contribution >= 4 is 29.2 Å². The molecular formula is C21H23N3O3S. The zero-order chi connectivity index (χ0) is 19.9. The predicted molar refractivity (Wildman–Crippen MR) is 107 cm³/mol. The maximum atomic E-state index is 13.1. The lowest BCUT2D eigenvalue weighted by Crippen LogP contribution is -2.44. The minimum absolute atomic E-state index is 0.0387. The highest BCUT2D eigenvalue weighted by Gasteiger charge is 2.50. The monoisotopic (exact) mass is 397 g/mol. The molecule has 0 aliphatic carbocycles. The smallest absolute Gasteiger partial charge is 0.325 e. The summed E-state index contributed by atoms with van der Waals surface area (Å²) >= 11 is 1.63. The molecule has 6 nitrogen and oxygen atoms in total. The molecule has 2 atom stereocenters. The second kappa shape index (κ2) is 7.05. The van der Waals surface area contributed by atoms with Gasteiger partial charge in [0.05, 0.1) is 6.04 Å². The quantitative estimate of drug-likeness (QED) is 0.806. The summed E-state index contributed by atoms with van der Waals surface area (Å²) in [5, 5.41) is 4.77. The average molecular weight is 398 g/mol. The molecule has 0 radical (unpaired) electrons. The van der Waals surface area contributed by atoms with Crippen molar-refractivity contribution in [3.8, 4) is 0 Å². The molecule has 0 bridgehead atoms. The Morgan fingerprint density at radius 3 is 2.68 bits per heavy atom. The Morgan fingerprint density at radius 2 is 2.00 bits per heavy atom. The topological polar surface area (TPSA) is 69.7 Å². The summed E-state index contributed by atoms with van der Waals surface area (Å²) < 4.78 is 0. The van der Waals surface area contributed by atoms with Gasteiger partial charge in [0.25, 0.3) is 5.91 Å². The van der Waals surface area contributed by atoms with Gasteiger partial charge < -0.3 is 10.2 Å². The van der Waals surface area contributed by atoms with Crippen LogP contribution in [0, 0.1) is 6.92 Å². The van der Waals surface area contributed by atoms with E-state index in [0.29, 0.717) is 12.1 Å². The van der Waals surface area contributed by atoms with Gasteiger partial charge >= 0.3 is 6.03 Å². The van der Waals surface area contributed by atoms with Crippen molar-refractivity contribution in [1.82, 2.24) is 15.1 Å². The van der Waals surface area contributed by atoms with Gasteiger partial charge in [0, 0.05) is 11.4 Å². The van der Waals surface area contributed by atoms with Crippen molar-refractivity contribution in [2.75, 3.05) is 13.1 Å². The van der Waals surface area contributed by atoms with Crippen molar-refractivity contribution in [3.05, 3.63) is 57.8 Å². The molecule has 0 saturated carbocycles. The molecule has 28 heavy (non-hydrogen) atoms. The largest absolute Gasteiger partial charge is 0.333 e. The maximum absolute atomic E-state index is 13.1. The van der Waals surface area contributed by atoms with E-state index >= 15 is 0 Å². The zero-order valence-electron chi connectivity index (χ0n) is 16.0. The van der Waals surface area contributed by atoms with Crippen LogP contribution in [0.4, 0.5) is 4.79 Å². The van der Waals surface area contributed by atoms with E-state index in [1.807, 2.05) is 48.7 Å². The first kappa shape index (κ1) is 18.7. The molecule has 2 fully saturated rings. The minimum Gasteiger partial charge on any atom is -0.333 e. The number of amides is 4. The number of hydrogen-bond acceptors (Lipinski definition) is 4. The fourth-order valence-corrected chi connectivity index (χ4v) is 4.86. The standard InChI is InChI=1S/C21H23N3O3S/c1-14-7-9-15(10-8-14)21(2)19(26)24(20(27)22-21)13-18(25)23-11-3-5-16(23)17-6-4-12-28-17/h4,6-10,12,16H,3,5,11,13H2,1-2H3,(H,22,27). The molecule has 2 aromatic rings. The van der Waals surface area contributed by atoms with E-state index in [1.54, 1.807) is 23.2 Å². The number of likely N-dealkylation sites (tertiary alicyclic amines) is 1. The van der Waals surface area contributed by atoms with Crippen LogP contribution in [0.25, 0.3) is 0 Å². The Kier molecular flexibility index (Phi) is 4.71. The number of carbonyl (C=O) groups is 3. The zero-order valence-corrected chi connectivity index (χ0v) is 16.8. The van der Waals surface area contributed by atoms with Gasteiger partial charge in [0.1, 0.15) is 12.1 Å². The second-order valence-corrected chi connectivity index (χ2v) is 8.55. The molecule has 2 aliphatic heterocycles. The first-order valence-corrected chi connectivity index (χ1v) is 10.3. The summed E-state index contributed by atoms with van der Waals surface area (Å²) in [6.45, 7) is 4.08. The number of nitrogens with zero attached hydrogens (tertiary/aromatic N) is 2. The van der Waals surface area contributed by atoms with E-state index in [9.17, 15) is 14.4 Å². The summed E-state index contributed by atoms with van der Waals surface area (Å²) in [6, 6.07) is 11.0. The molecule has 2 aliphatic rings. The third kappa shape index (κ3) is 3.09. The van der Waals surface area contributed by atoms with Crippen molar-refractivity contribution in [1.29, 1.82) is 0 Å². The first-order chi connectivity index (χ1) is 13.4. The third-order valence-corrected chi connectivity index (χ3v) is 6.62. The minimum atomic E-state index is -1.15. The number of nitrogens with one attached hydrogen (secondary N) is 1. The average Bonchev–Trinajstić information content (AvgIpc) is 3.39. The number of aryl methyl sites for hydroxylation is 1. The van der Waals surface area contributed by atoms with Crippen molar-refractivity contribution in [2.24, 2.45) is 0 Å². The van der Waals surface area contributed by atoms with Crippen molar-refractivity contribution in [2.45, 2.75) is 38.3 Å². The van der Waals surface area contributed by atoms with E-state index in [4.69, 9.17) is 0 Å². The normalized spacial score (nSPS) is 24.7. The van der Waals surface area contributed by atoms with Crippen LogP contribution in [0.2, 0.25) is 0 Å². The molecule has 4 amide bonds. The molecule has 4 rings (SSSR count). The number of carbonyl (C=O) groups excluding carboxylic acids is 3. The molecule has 2 saturated heterocycles. The molecular weight excluding hydrogens is 374 g/mol. The van der Waals surface area contributed by atoms with E-state index in [0.717, 1.165) is 28.2 Å².